The van der Waals surface area contributed by atoms with Gasteiger partial charge in [0, 0.05) is 46.3 Å². The summed E-state index contributed by atoms with van der Waals surface area (Å²) < 4.78 is 5.21. The molecule has 0 spiro atoms. The maximum absolute atomic E-state index is 12.4. The van der Waals surface area contributed by atoms with Gasteiger partial charge in [-0.25, -0.2) is 0 Å². The number of β-amino-alcohol motifs (C(OH)–C–C–N with tert-alkyl or cyclic N) is 1. The Labute approximate surface area is 138 Å². The minimum Gasteiger partial charge on any atom is -0.497 e. The Kier molecular flexibility index (Phi) is 6.83. The first kappa shape index (κ1) is 17.7. The summed E-state index contributed by atoms with van der Waals surface area (Å²) in [7, 11) is 3.48. The largest absolute Gasteiger partial charge is 0.497 e. The first-order chi connectivity index (χ1) is 11.1. The van der Waals surface area contributed by atoms with Crippen molar-refractivity contribution in [3.05, 3.63) is 29.8 Å². The molecule has 2 rings (SSSR count). The highest BCUT2D eigenvalue weighted by molar-refractivity contribution is 5.78. The molecule has 1 aliphatic heterocycles. The number of hydrogen-bond donors (Lipinski definition) is 1. The van der Waals surface area contributed by atoms with E-state index in [0.29, 0.717) is 13.1 Å². The van der Waals surface area contributed by atoms with Crippen LogP contribution in [0.25, 0.3) is 0 Å². The Morgan fingerprint density at radius 1 is 1.26 bits per heavy atom. The van der Waals surface area contributed by atoms with Crippen molar-refractivity contribution in [3.63, 3.8) is 0 Å². The van der Waals surface area contributed by atoms with Crippen LogP contribution in [0.4, 0.5) is 0 Å². The van der Waals surface area contributed by atoms with E-state index in [0.717, 1.165) is 44.0 Å². The van der Waals surface area contributed by atoms with Crippen LogP contribution in [-0.2, 0) is 11.3 Å². The fraction of sp³-hybridized carbons (Fsp3) is 0.588. The molecule has 0 aliphatic carbocycles. The molecule has 1 aromatic carbocycles. The van der Waals surface area contributed by atoms with Gasteiger partial charge in [-0.3, -0.25) is 14.6 Å². The highest BCUT2D eigenvalue weighted by Gasteiger charge is 2.20. The Morgan fingerprint density at radius 2 is 1.96 bits per heavy atom. The van der Waals surface area contributed by atoms with Crippen molar-refractivity contribution in [1.82, 2.24) is 14.7 Å². The van der Waals surface area contributed by atoms with Crippen LogP contribution >= 0.6 is 0 Å². The molecule has 0 aromatic heterocycles. The van der Waals surface area contributed by atoms with E-state index in [1.54, 1.807) is 12.0 Å². The number of amides is 1. The van der Waals surface area contributed by atoms with E-state index < -0.39 is 0 Å². The zero-order valence-electron chi connectivity index (χ0n) is 14.1. The van der Waals surface area contributed by atoms with Gasteiger partial charge in [-0.15, -0.1) is 0 Å². The second kappa shape index (κ2) is 8.86. The number of aliphatic hydroxyl groups is 1. The smallest absolute Gasteiger partial charge is 0.236 e. The van der Waals surface area contributed by atoms with Crippen LogP contribution in [0.1, 0.15) is 5.56 Å². The van der Waals surface area contributed by atoms with Crippen LogP contribution in [0.3, 0.4) is 0 Å². The standard InChI is InChI=1S/C17H27N3O3/c1-18(13-15-4-3-5-16(12-15)23-2)17(22)14-20-8-6-19(7-9-20)10-11-21/h3-5,12,21H,6-11,13-14H2,1-2H3. The Morgan fingerprint density at radius 3 is 2.61 bits per heavy atom. The third-order valence-corrected chi connectivity index (χ3v) is 4.22. The SMILES string of the molecule is COc1cccc(CN(C)C(=O)CN2CCN(CCO)CC2)c1. The van der Waals surface area contributed by atoms with Crippen LogP contribution in [-0.4, -0.2) is 85.7 Å². The molecule has 1 saturated heterocycles. The zero-order chi connectivity index (χ0) is 16.7. The molecule has 1 heterocycles. The van der Waals surface area contributed by atoms with Gasteiger partial charge in [0.2, 0.25) is 5.91 Å². The summed E-state index contributed by atoms with van der Waals surface area (Å²) in [5.74, 6) is 0.937. The molecule has 0 bridgehead atoms. The maximum atomic E-state index is 12.4. The molecule has 0 saturated carbocycles. The predicted octanol–water partition coefficient (Wildman–Crippen LogP) is 0.264. The summed E-state index contributed by atoms with van der Waals surface area (Å²) in [5.41, 5.74) is 1.06. The van der Waals surface area contributed by atoms with Gasteiger partial charge in [0.15, 0.2) is 0 Å². The van der Waals surface area contributed by atoms with Gasteiger partial charge < -0.3 is 14.7 Å². The van der Waals surface area contributed by atoms with Crippen LogP contribution in [0.15, 0.2) is 24.3 Å². The van der Waals surface area contributed by atoms with Gasteiger partial charge in [-0.05, 0) is 17.7 Å². The molecular formula is C17H27N3O3. The molecule has 1 aromatic rings. The number of hydrogen-bond acceptors (Lipinski definition) is 5. The Balaban J connectivity index is 1.79. The maximum Gasteiger partial charge on any atom is 0.236 e. The first-order valence-electron chi connectivity index (χ1n) is 8.05. The Hall–Kier alpha value is -1.63. The molecule has 0 atom stereocenters. The molecule has 1 fully saturated rings. The molecule has 1 aliphatic rings. The van der Waals surface area contributed by atoms with Crippen LogP contribution < -0.4 is 4.74 Å². The summed E-state index contributed by atoms with van der Waals surface area (Å²) in [6.45, 7) is 5.52. The van der Waals surface area contributed by atoms with Crippen molar-refractivity contribution < 1.29 is 14.6 Å². The molecule has 6 heteroatoms. The average Bonchev–Trinajstić information content (AvgIpc) is 2.57. The molecule has 0 unspecified atom stereocenters. The van der Waals surface area contributed by atoms with Crippen LogP contribution in [0.2, 0.25) is 0 Å². The van der Waals surface area contributed by atoms with Gasteiger partial charge in [0.25, 0.3) is 0 Å². The van der Waals surface area contributed by atoms with Crippen molar-refractivity contribution in [2.24, 2.45) is 0 Å². The molecule has 1 N–H and O–H groups in total. The summed E-state index contributed by atoms with van der Waals surface area (Å²) >= 11 is 0. The average molecular weight is 321 g/mol. The third kappa shape index (κ3) is 5.49. The highest BCUT2D eigenvalue weighted by atomic mass is 16.5. The number of carbonyl (C=O) groups is 1. The number of ether oxygens (including phenoxy) is 1. The minimum absolute atomic E-state index is 0.128. The number of methoxy groups -OCH3 is 1. The van der Waals surface area contributed by atoms with Crippen molar-refractivity contribution in [3.8, 4) is 5.75 Å². The van der Waals surface area contributed by atoms with E-state index >= 15 is 0 Å². The zero-order valence-corrected chi connectivity index (χ0v) is 14.1. The highest BCUT2D eigenvalue weighted by Crippen LogP contribution is 2.14. The summed E-state index contributed by atoms with van der Waals surface area (Å²) in [6, 6.07) is 7.79. The van der Waals surface area contributed by atoms with E-state index in [1.165, 1.54) is 0 Å². The van der Waals surface area contributed by atoms with Crippen LogP contribution in [0, 0.1) is 0 Å². The fourth-order valence-corrected chi connectivity index (χ4v) is 2.76. The molecular weight excluding hydrogens is 294 g/mol. The number of benzene rings is 1. The second-order valence-electron chi connectivity index (χ2n) is 5.94. The summed E-state index contributed by atoms with van der Waals surface area (Å²) in [4.78, 5) is 18.5. The number of aliphatic hydroxyl groups excluding tert-OH is 1. The molecule has 6 nitrogen and oxygen atoms in total. The first-order valence-corrected chi connectivity index (χ1v) is 8.05. The van der Waals surface area contributed by atoms with E-state index in [-0.39, 0.29) is 12.5 Å². The van der Waals surface area contributed by atoms with Gasteiger partial charge in [-0.2, -0.15) is 0 Å². The van der Waals surface area contributed by atoms with Crippen molar-refractivity contribution >= 4 is 5.91 Å². The van der Waals surface area contributed by atoms with Gasteiger partial charge in [0.1, 0.15) is 5.75 Å². The molecule has 1 amide bonds. The number of carbonyl (C=O) groups excluding carboxylic acids is 1. The summed E-state index contributed by atoms with van der Waals surface area (Å²) in [6.07, 6.45) is 0. The monoisotopic (exact) mass is 321 g/mol. The Bertz CT molecular complexity index is 502. The van der Waals surface area contributed by atoms with Crippen molar-refractivity contribution in [1.29, 1.82) is 0 Å². The number of likely N-dealkylation sites (N-methyl/N-ethyl adjacent to an activating group) is 1. The normalized spacial score (nSPS) is 16.3. The molecule has 0 radical (unpaired) electrons. The lowest BCUT2D eigenvalue weighted by molar-refractivity contribution is -0.132. The second-order valence-corrected chi connectivity index (χ2v) is 5.94. The van der Waals surface area contributed by atoms with E-state index in [1.807, 2.05) is 31.3 Å². The van der Waals surface area contributed by atoms with Crippen LogP contribution in [0.5, 0.6) is 5.75 Å². The van der Waals surface area contributed by atoms with Crippen molar-refractivity contribution in [2.75, 3.05) is 60.0 Å². The minimum atomic E-state index is 0.128. The lowest BCUT2D eigenvalue weighted by atomic mass is 10.2. The third-order valence-electron chi connectivity index (χ3n) is 4.22. The molecule has 23 heavy (non-hydrogen) atoms. The van der Waals surface area contributed by atoms with E-state index in [2.05, 4.69) is 9.80 Å². The topological polar surface area (TPSA) is 56.2 Å². The van der Waals surface area contributed by atoms with Gasteiger partial charge in [-0.1, -0.05) is 12.1 Å². The number of nitrogens with zero attached hydrogens (tertiary/aromatic N) is 3. The van der Waals surface area contributed by atoms with Gasteiger partial charge >= 0.3 is 0 Å². The van der Waals surface area contributed by atoms with E-state index in [9.17, 15) is 4.79 Å². The lowest BCUT2D eigenvalue weighted by Gasteiger charge is -2.34. The fourth-order valence-electron chi connectivity index (χ4n) is 2.76. The molecule has 128 valence electrons. The number of piperazine rings is 1. The van der Waals surface area contributed by atoms with Gasteiger partial charge in [0.05, 0.1) is 20.3 Å². The predicted molar refractivity (Wildman–Crippen MR) is 89.4 cm³/mol. The van der Waals surface area contributed by atoms with Crippen molar-refractivity contribution in [2.45, 2.75) is 6.54 Å². The summed E-state index contributed by atoms with van der Waals surface area (Å²) in [5, 5.41) is 8.96. The quantitative estimate of drug-likeness (QED) is 0.781. The lowest BCUT2D eigenvalue weighted by Crippen LogP contribution is -2.50. The number of rotatable bonds is 7. The van der Waals surface area contributed by atoms with E-state index in [4.69, 9.17) is 9.84 Å².